The molecule has 0 spiro atoms. The molecule has 0 saturated carbocycles. The fourth-order valence-corrected chi connectivity index (χ4v) is 0.287. The standard InChI is InChI=1S/C4H8N/c1-2-4-3-5-4/h4-5H,1-3H2. The first-order chi connectivity index (χ1) is 2.43. The van der Waals surface area contributed by atoms with Gasteiger partial charge < -0.3 is 5.32 Å². The zero-order chi connectivity index (χ0) is 3.70. The van der Waals surface area contributed by atoms with Crippen LogP contribution in [0.2, 0.25) is 0 Å². The number of hydrogen-bond acceptors (Lipinski definition) is 1. The van der Waals surface area contributed by atoms with Gasteiger partial charge in [-0.15, -0.1) is 0 Å². The molecule has 1 aliphatic heterocycles. The molecule has 1 radical (unpaired) electrons. The third-order valence-corrected chi connectivity index (χ3v) is 0.841. The van der Waals surface area contributed by atoms with Crippen molar-refractivity contribution in [3.63, 3.8) is 0 Å². The summed E-state index contributed by atoms with van der Waals surface area (Å²) in [5.41, 5.74) is 0. The quantitative estimate of drug-likeness (QED) is 0.437. The molecule has 29 valence electrons. The van der Waals surface area contributed by atoms with Crippen LogP contribution in [-0.4, -0.2) is 12.6 Å². The lowest BCUT2D eigenvalue weighted by Gasteiger charge is -1.71. The largest absolute Gasteiger partial charge is 0.311 e. The first-order valence-electron chi connectivity index (χ1n) is 1.96. The minimum atomic E-state index is 0.773. The van der Waals surface area contributed by atoms with Crippen molar-refractivity contribution in [3.05, 3.63) is 6.92 Å². The number of nitrogens with one attached hydrogen (secondary N) is 1. The highest BCUT2D eigenvalue weighted by Crippen LogP contribution is 1.98. The van der Waals surface area contributed by atoms with E-state index < -0.39 is 0 Å². The monoisotopic (exact) mass is 70.1 g/mol. The molecule has 1 aliphatic rings. The molecule has 0 aromatic heterocycles. The van der Waals surface area contributed by atoms with Crippen LogP contribution in [0.3, 0.4) is 0 Å². The van der Waals surface area contributed by atoms with Crippen LogP contribution in [0.1, 0.15) is 6.42 Å². The Balaban J connectivity index is 2.00. The summed E-state index contributed by atoms with van der Waals surface area (Å²) < 4.78 is 0. The molecule has 0 aliphatic carbocycles. The zero-order valence-corrected chi connectivity index (χ0v) is 3.20. The lowest BCUT2D eigenvalue weighted by Crippen LogP contribution is -1.82. The summed E-state index contributed by atoms with van der Waals surface area (Å²) in [4.78, 5) is 0. The van der Waals surface area contributed by atoms with E-state index in [1.54, 1.807) is 0 Å². The van der Waals surface area contributed by atoms with E-state index in [1.165, 1.54) is 6.54 Å². The van der Waals surface area contributed by atoms with Crippen LogP contribution in [0.15, 0.2) is 0 Å². The Bertz CT molecular complexity index is 30.6. The van der Waals surface area contributed by atoms with Crippen molar-refractivity contribution >= 4 is 0 Å². The number of rotatable bonds is 1. The second kappa shape index (κ2) is 0.977. The molecule has 1 atom stereocenters. The van der Waals surface area contributed by atoms with Crippen molar-refractivity contribution in [3.8, 4) is 0 Å². The molecular formula is C4H8N. The lowest BCUT2D eigenvalue weighted by atomic mass is 10.4. The van der Waals surface area contributed by atoms with Crippen molar-refractivity contribution < 1.29 is 0 Å². The van der Waals surface area contributed by atoms with Crippen LogP contribution in [0, 0.1) is 6.92 Å². The van der Waals surface area contributed by atoms with E-state index in [1.807, 2.05) is 0 Å². The van der Waals surface area contributed by atoms with E-state index in [0.29, 0.717) is 0 Å². The average Bonchev–Trinajstić information content (AvgIpc) is 2.12. The summed E-state index contributed by atoms with van der Waals surface area (Å²) in [6.07, 6.45) is 1.06. The van der Waals surface area contributed by atoms with Gasteiger partial charge in [-0.1, -0.05) is 6.92 Å². The molecule has 1 fully saturated rings. The Morgan fingerprint density at radius 2 is 2.60 bits per heavy atom. The predicted octanol–water partition coefficient (Wildman–Crippen LogP) is 0.182. The fraction of sp³-hybridized carbons (Fsp3) is 0.750. The molecule has 0 aromatic rings. The molecule has 0 amide bonds. The average molecular weight is 70.1 g/mol. The normalized spacial score (nSPS) is 34.2. The smallest absolute Gasteiger partial charge is 0.0193 e. The molecule has 1 heterocycles. The van der Waals surface area contributed by atoms with Gasteiger partial charge in [0.2, 0.25) is 0 Å². The van der Waals surface area contributed by atoms with Gasteiger partial charge in [0, 0.05) is 12.6 Å². The maximum atomic E-state index is 3.69. The molecule has 0 bridgehead atoms. The second-order valence-electron chi connectivity index (χ2n) is 1.39. The highest BCUT2D eigenvalue weighted by Gasteiger charge is 2.15. The Labute approximate surface area is 32.4 Å². The summed E-state index contributed by atoms with van der Waals surface area (Å²) in [7, 11) is 0. The van der Waals surface area contributed by atoms with Crippen molar-refractivity contribution in [1.29, 1.82) is 0 Å². The van der Waals surface area contributed by atoms with Crippen LogP contribution in [0.25, 0.3) is 0 Å². The van der Waals surface area contributed by atoms with Gasteiger partial charge in [-0.2, -0.15) is 0 Å². The van der Waals surface area contributed by atoms with Crippen molar-refractivity contribution in [1.82, 2.24) is 5.32 Å². The minimum Gasteiger partial charge on any atom is -0.311 e. The summed E-state index contributed by atoms with van der Waals surface area (Å²) in [5, 5.41) is 3.12. The molecular weight excluding hydrogens is 62.1 g/mol. The predicted molar refractivity (Wildman–Crippen MR) is 21.8 cm³/mol. The molecule has 1 heteroatoms. The van der Waals surface area contributed by atoms with E-state index >= 15 is 0 Å². The van der Waals surface area contributed by atoms with E-state index in [2.05, 4.69) is 12.2 Å². The maximum Gasteiger partial charge on any atom is 0.0193 e. The van der Waals surface area contributed by atoms with Crippen molar-refractivity contribution in [2.45, 2.75) is 12.5 Å². The lowest BCUT2D eigenvalue weighted by molar-refractivity contribution is 0.965. The third-order valence-electron chi connectivity index (χ3n) is 0.841. The van der Waals surface area contributed by atoms with Gasteiger partial charge in [0.15, 0.2) is 0 Å². The van der Waals surface area contributed by atoms with Gasteiger partial charge in [-0.05, 0) is 6.42 Å². The highest BCUT2D eigenvalue weighted by atomic mass is 15.1. The van der Waals surface area contributed by atoms with Crippen molar-refractivity contribution in [2.24, 2.45) is 0 Å². The first kappa shape index (κ1) is 3.16. The molecule has 0 aromatic carbocycles. The van der Waals surface area contributed by atoms with Gasteiger partial charge in [0.1, 0.15) is 0 Å². The van der Waals surface area contributed by atoms with E-state index in [4.69, 9.17) is 0 Å². The van der Waals surface area contributed by atoms with Crippen LogP contribution in [-0.2, 0) is 0 Å². The summed E-state index contributed by atoms with van der Waals surface area (Å²) in [6, 6.07) is 0.773. The van der Waals surface area contributed by atoms with Gasteiger partial charge in [-0.3, -0.25) is 0 Å². The molecule has 1 rings (SSSR count). The molecule has 1 saturated heterocycles. The maximum absolute atomic E-state index is 3.69. The van der Waals surface area contributed by atoms with E-state index in [0.717, 1.165) is 12.5 Å². The first-order valence-corrected chi connectivity index (χ1v) is 1.96. The summed E-state index contributed by atoms with van der Waals surface area (Å²) in [6.45, 7) is 4.88. The topological polar surface area (TPSA) is 21.9 Å². The molecule has 1 nitrogen and oxygen atoms in total. The SMILES string of the molecule is [CH2]CC1CN1. The molecule has 5 heavy (non-hydrogen) atoms. The van der Waals surface area contributed by atoms with E-state index in [-0.39, 0.29) is 0 Å². The Hall–Kier alpha value is -0.0400. The molecule has 1 N–H and O–H groups in total. The highest BCUT2D eigenvalue weighted by molar-refractivity contribution is 4.82. The molecule has 1 unspecified atom stereocenters. The Morgan fingerprint density at radius 1 is 2.00 bits per heavy atom. The van der Waals surface area contributed by atoms with Crippen LogP contribution >= 0.6 is 0 Å². The third kappa shape index (κ3) is 0.618. The van der Waals surface area contributed by atoms with Gasteiger partial charge >= 0.3 is 0 Å². The minimum absolute atomic E-state index is 0.773. The van der Waals surface area contributed by atoms with Crippen LogP contribution < -0.4 is 5.32 Å². The zero-order valence-electron chi connectivity index (χ0n) is 3.20. The van der Waals surface area contributed by atoms with Crippen LogP contribution in [0.4, 0.5) is 0 Å². The Kier molecular flexibility index (Phi) is 0.618. The van der Waals surface area contributed by atoms with Gasteiger partial charge in [-0.25, -0.2) is 0 Å². The fourth-order valence-electron chi connectivity index (χ4n) is 0.287. The summed E-state index contributed by atoms with van der Waals surface area (Å²) >= 11 is 0. The number of hydrogen-bond donors (Lipinski definition) is 1. The Morgan fingerprint density at radius 3 is 2.60 bits per heavy atom. The second-order valence-corrected chi connectivity index (χ2v) is 1.39. The van der Waals surface area contributed by atoms with E-state index in [9.17, 15) is 0 Å². The van der Waals surface area contributed by atoms with Gasteiger partial charge in [0.25, 0.3) is 0 Å². The van der Waals surface area contributed by atoms with Crippen molar-refractivity contribution in [2.75, 3.05) is 6.54 Å². The van der Waals surface area contributed by atoms with Gasteiger partial charge in [0.05, 0.1) is 0 Å². The van der Waals surface area contributed by atoms with Crippen LogP contribution in [0.5, 0.6) is 0 Å². The summed E-state index contributed by atoms with van der Waals surface area (Å²) in [5.74, 6) is 0.